The fourth-order valence-corrected chi connectivity index (χ4v) is 4.35. The fourth-order valence-electron chi connectivity index (χ4n) is 4.13. The minimum absolute atomic E-state index is 0.0721. The maximum absolute atomic E-state index is 13.0. The summed E-state index contributed by atoms with van der Waals surface area (Å²) in [5.74, 6) is -0.876. The molecule has 1 amide bonds. The molecule has 4 rings (SSSR count). The van der Waals surface area contributed by atoms with Crippen molar-refractivity contribution in [2.24, 2.45) is 0 Å². The number of carbonyl (C=O) groups is 1. The van der Waals surface area contributed by atoms with Gasteiger partial charge in [-0.1, -0.05) is 29.8 Å². The summed E-state index contributed by atoms with van der Waals surface area (Å²) in [6, 6.07) is 12.4. The normalized spacial score (nSPS) is 15.8. The molecular formula is C24H20ClF3N6O2. The Morgan fingerprint density at radius 2 is 2.03 bits per heavy atom. The quantitative estimate of drug-likeness (QED) is 0.483. The highest BCUT2D eigenvalue weighted by Gasteiger charge is 2.33. The topological polar surface area (TPSA) is 117 Å². The number of nitrogens with two attached hydrogens (primary N) is 1. The molecular weight excluding hydrogens is 497 g/mol. The number of piperidine rings is 1. The van der Waals surface area contributed by atoms with Crippen LogP contribution in [0.4, 0.5) is 30.5 Å². The maximum Gasteiger partial charge on any atom is 0.573 e. The molecule has 3 aromatic rings. The van der Waals surface area contributed by atoms with E-state index in [2.05, 4.69) is 20.0 Å². The van der Waals surface area contributed by atoms with Gasteiger partial charge in [-0.2, -0.15) is 5.26 Å². The number of anilines is 3. The minimum atomic E-state index is -4.95. The van der Waals surface area contributed by atoms with Gasteiger partial charge in [0.2, 0.25) is 0 Å². The van der Waals surface area contributed by atoms with Gasteiger partial charge in [-0.25, -0.2) is 9.97 Å². The van der Waals surface area contributed by atoms with Gasteiger partial charge < -0.3 is 20.7 Å². The van der Waals surface area contributed by atoms with Crippen molar-refractivity contribution in [1.29, 1.82) is 5.26 Å². The van der Waals surface area contributed by atoms with E-state index in [1.54, 1.807) is 12.1 Å². The number of halogens is 4. The Kier molecular flexibility index (Phi) is 7.17. The zero-order chi connectivity index (χ0) is 25.9. The lowest BCUT2D eigenvalue weighted by molar-refractivity contribution is -0.274. The predicted molar refractivity (Wildman–Crippen MR) is 128 cm³/mol. The molecule has 3 N–H and O–H groups in total. The number of carbonyl (C=O) groups excluding carboxylic acids is 1. The number of alkyl halides is 3. The van der Waals surface area contributed by atoms with Gasteiger partial charge in [-0.15, -0.1) is 13.2 Å². The van der Waals surface area contributed by atoms with Gasteiger partial charge in [-0.05, 0) is 42.7 Å². The Morgan fingerprint density at radius 1 is 1.25 bits per heavy atom. The third-order valence-corrected chi connectivity index (χ3v) is 6.09. The van der Waals surface area contributed by atoms with Crippen LogP contribution < -0.4 is 20.7 Å². The van der Waals surface area contributed by atoms with Gasteiger partial charge in [0.05, 0.1) is 16.3 Å². The van der Waals surface area contributed by atoms with Gasteiger partial charge in [0, 0.05) is 19.0 Å². The third-order valence-electron chi connectivity index (χ3n) is 5.76. The Hall–Kier alpha value is -4.04. The van der Waals surface area contributed by atoms with Crippen molar-refractivity contribution in [1.82, 2.24) is 9.97 Å². The third kappa shape index (κ3) is 5.60. The van der Waals surface area contributed by atoms with Crippen LogP contribution in [0.5, 0.6) is 5.75 Å². The zero-order valence-corrected chi connectivity index (χ0v) is 19.5. The van der Waals surface area contributed by atoms with E-state index in [9.17, 15) is 23.2 Å². The average Bonchev–Trinajstić information content (AvgIpc) is 2.84. The van der Waals surface area contributed by atoms with Crippen LogP contribution in [0.2, 0.25) is 5.02 Å². The fraction of sp³-hybridized carbons (Fsp3) is 0.250. The van der Waals surface area contributed by atoms with E-state index >= 15 is 0 Å². The lowest BCUT2D eigenvalue weighted by Gasteiger charge is -2.34. The first-order valence-corrected chi connectivity index (χ1v) is 11.2. The number of rotatable bonds is 5. The first-order valence-electron chi connectivity index (χ1n) is 10.9. The van der Waals surface area contributed by atoms with Crippen LogP contribution in [-0.2, 0) is 0 Å². The molecule has 0 spiro atoms. The number of aromatic nitrogens is 2. The highest BCUT2D eigenvalue weighted by Crippen LogP contribution is 2.37. The monoisotopic (exact) mass is 516 g/mol. The van der Waals surface area contributed by atoms with Crippen molar-refractivity contribution < 1.29 is 22.7 Å². The van der Waals surface area contributed by atoms with Crippen LogP contribution in [-0.4, -0.2) is 35.3 Å². The number of hydrogen-bond acceptors (Lipinski definition) is 7. The lowest BCUT2D eigenvalue weighted by atomic mass is 9.90. The lowest BCUT2D eigenvalue weighted by Crippen LogP contribution is -2.35. The number of nitrogens with zero attached hydrogens (tertiary/aromatic N) is 4. The van der Waals surface area contributed by atoms with Crippen molar-refractivity contribution in [2.75, 3.05) is 29.0 Å². The van der Waals surface area contributed by atoms with Crippen LogP contribution in [0.15, 0.2) is 48.8 Å². The molecule has 0 saturated carbocycles. The smallest absolute Gasteiger partial charge is 0.404 e. The number of nitrogen functional groups attached to an aromatic ring is 1. The van der Waals surface area contributed by atoms with Crippen molar-refractivity contribution in [3.05, 3.63) is 70.5 Å². The van der Waals surface area contributed by atoms with E-state index in [0.29, 0.717) is 24.5 Å². The SMILES string of the molecule is N#Cc1c(N)ncnc1N1CCCC(c2ccc(OC(F)(F)F)c(NC(=O)c3ccccc3Cl)c2)C1. The van der Waals surface area contributed by atoms with Crippen LogP contribution in [0.3, 0.4) is 0 Å². The zero-order valence-electron chi connectivity index (χ0n) is 18.7. The number of nitriles is 1. The van der Waals surface area contributed by atoms with E-state index in [1.165, 1.54) is 36.7 Å². The summed E-state index contributed by atoms with van der Waals surface area (Å²) >= 11 is 6.07. The van der Waals surface area contributed by atoms with Gasteiger partial charge in [0.15, 0.2) is 11.6 Å². The highest BCUT2D eigenvalue weighted by molar-refractivity contribution is 6.34. The second-order valence-corrected chi connectivity index (χ2v) is 8.50. The number of benzene rings is 2. The van der Waals surface area contributed by atoms with Gasteiger partial charge in [0.25, 0.3) is 5.91 Å². The molecule has 8 nitrogen and oxygen atoms in total. The summed E-state index contributed by atoms with van der Waals surface area (Å²) in [7, 11) is 0. The van der Waals surface area contributed by atoms with Crippen LogP contribution in [0.1, 0.15) is 40.2 Å². The number of amides is 1. The first kappa shape index (κ1) is 25.1. The van der Waals surface area contributed by atoms with Crippen LogP contribution in [0.25, 0.3) is 0 Å². The van der Waals surface area contributed by atoms with E-state index in [0.717, 1.165) is 12.8 Å². The molecule has 0 radical (unpaired) electrons. The van der Waals surface area contributed by atoms with Crippen molar-refractivity contribution in [2.45, 2.75) is 25.1 Å². The summed E-state index contributed by atoms with van der Waals surface area (Å²) in [6.07, 6.45) is -2.20. The van der Waals surface area contributed by atoms with Crippen LogP contribution in [0, 0.1) is 11.3 Å². The highest BCUT2D eigenvalue weighted by atomic mass is 35.5. The molecule has 1 fully saturated rings. The van der Waals surface area contributed by atoms with E-state index < -0.39 is 18.0 Å². The molecule has 0 bridgehead atoms. The Balaban J connectivity index is 1.64. The van der Waals surface area contributed by atoms with Gasteiger partial charge in [-0.3, -0.25) is 4.79 Å². The Morgan fingerprint density at radius 3 is 2.75 bits per heavy atom. The summed E-state index contributed by atoms with van der Waals surface area (Å²) in [5, 5.41) is 12.1. The van der Waals surface area contributed by atoms with Crippen molar-refractivity contribution in [3.8, 4) is 11.8 Å². The average molecular weight is 517 g/mol. The van der Waals surface area contributed by atoms with Crippen molar-refractivity contribution in [3.63, 3.8) is 0 Å². The number of nitrogens with one attached hydrogen (secondary N) is 1. The Labute approximate surface area is 209 Å². The molecule has 1 aromatic heterocycles. The molecule has 1 atom stereocenters. The summed E-state index contributed by atoms with van der Waals surface area (Å²) in [4.78, 5) is 22.7. The summed E-state index contributed by atoms with van der Waals surface area (Å²) < 4.78 is 43.2. The maximum atomic E-state index is 13.0. The predicted octanol–water partition coefficient (Wildman–Crippen LogP) is 5.12. The Bertz CT molecular complexity index is 1330. The molecule has 2 heterocycles. The van der Waals surface area contributed by atoms with Gasteiger partial charge in [0.1, 0.15) is 23.8 Å². The molecule has 12 heteroatoms. The van der Waals surface area contributed by atoms with Crippen LogP contribution >= 0.6 is 11.6 Å². The second kappa shape index (κ2) is 10.3. The molecule has 2 aromatic carbocycles. The molecule has 1 saturated heterocycles. The molecule has 36 heavy (non-hydrogen) atoms. The summed E-state index contributed by atoms with van der Waals surface area (Å²) in [6.45, 7) is 1.05. The minimum Gasteiger partial charge on any atom is -0.404 e. The van der Waals surface area contributed by atoms with E-state index in [1.807, 2.05) is 11.0 Å². The number of ether oxygens (including phenoxy) is 1. The number of hydrogen-bond donors (Lipinski definition) is 2. The molecule has 1 unspecified atom stereocenters. The molecule has 1 aliphatic heterocycles. The van der Waals surface area contributed by atoms with E-state index in [4.69, 9.17) is 17.3 Å². The second-order valence-electron chi connectivity index (χ2n) is 8.09. The molecule has 186 valence electrons. The largest absolute Gasteiger partial charge is 0.573 e. The summed E-state index contributed by atoms with van der Waals surface area (Å²) in [5.41, 5.74) is 6.64. The standard InChI is InChI=1S/C24H20ClF3N6O2/c25-18-6-2-1-5-16(18)23(35)33-19-10-14(7-8-20(19)36-24(26,27)28)15-4-3-9-34(12-15)22-17(11-29)21(30)31-13-32-22/h1-2,5-8,10,13,15H,3-4,9,12H2,(H,33,35)(H2,30,31,32). The van der Waals surface area contributed by atoms with Crippen molar-refractivity contribution >= 4 is 34.8 Å². The van der Waals surface area contributed by atoms with E-state index in [-0.39, 0.29) is 33.6 Å². The molecule has 1 aliphatic rings. The molecule has 0 aliphatic carbocycles. The first-order chi connectivity index (χ1) is 17.2. The van der Waals surface area contributed by atoms with Gasteiger partial charge >= 0.3 is 6.36 Å².